The summed E-state index contributed by atoms with van der Waals surface area (Å²) in [4.78, 5) is 37.5. The summed E-state index contributed by atoms with van der Waals surface area (Å²) in [5.74, 6) is -1.10. The minimum atomic E-state index is -1.05. The number of nitrogens with zero attached hydrogens (tertiary/aromatic N) is 4. The van der Waals surface area contributed by atoms with Gasteiger partial charge in [0, 0.05) is 19.0 Å². The zero-order valence-corrected chi connectivity index (χ0v) is 15.0. The number of nitrogens with one attached hydrogen (secondary N) is 1. The van der Waals surface area contributed by atoms with Crippen LogP contribution in [0.1, 0.15) is 27.2 Å². The monoisotopic (exact) mass is 379 g/mol. The van der Waals surface area contributed by atoms with E-state index < -0.39 is 17.9 Å². The molecule has 1 amide bonds. The van der Waals surface area contributed by atoms with Crippen molar-refractivity contribution in [2.24, 2.45) is 0 Å². The van der Waals surface area contributed by atoms with Gasteiger partial charge in [0.05, 0.1) is 17.5 Å². The van der Waals surface area contributed by atoms with Crippen molar-refractivity contribution in [2.75, 3.05) is 0 Å². The van der Waals surface area contributed by atoms with E-state index in [4.69, 9.17) is 0 Å². The summed E-state index contributed by atoms with van der Waals surface area (Å²) in [6, 6.07) is 9.37. The number of benzene rings is 1. The maximum atomic E-state index is 13.2. The van der Waals surface area contributed by atoms with Gasteiger partial charge in [-0.15, -0.1) is 0 Å². The summed E-state index contributed by atoms with van der Waals surface area (Å²) >= 11 is 0. The molecule has 3 heterocycles. The lowest BCUT2D eigenvalue weighted by molar-refractivity contribution is -0.142. The van der Waals surface area contributed by atoms with Crippen molar-refractivity contribution in [1.29, 1.82) is 0 Å². The Kier molecular flexibility index (Phi) is 4.26. The summed E-state index contributed by atoms with van der Waals surface area (Å²) in [6.45, 7) is 1.91. The predicted octanol–water partition coefficient (Wildman–Crippen LogP) is 0.916. The van der Waals surface area contributed by atoms with Crippen LogP contribution in [0, 0.1) is 6.92 Å². The first-order chi connectivity index (χ1) is 13.5. The molecule has 9 nitrogen and oxygen atoms in total. The van der Waals surface area contributed by atoms with E-state index in [1.807, 2.05) is 24.3 Å². The molecule has 4 rings (SSSR count). The van der Waals surface area contributed by atoms with Gasteiger partial charge in [-0.05, 0) is 24.1 Å². The van der Waals surface area contributed by atoms with Gasteiger partial charge in [-0.3, -0.25) is 9.59 Å². The molecule has 0 unspecified atom stereocenters. The third-order valence-electron chi connectivity index (χ3n) is 4.92. The first kappa shape index (κ1) is 17.7. The molecule has 1 aliphatic heterocycles. The van der Waals surface area contributed by atoms with Crippen molar-refractivity contribution in [1.82, 2.24) is 24.9 Å². The Morgan fingerprint density at radius 1 is 1.18 bits per heavy atom. The second-order valence-corrected chi connectivity index (χ2v) is 6.59. The number of hydrogen-bond donors (Lipinski definition) is 2. The highest BCUT2D eigenvalue weighted by atomic mass is 16.4. The van der Waals surface area contributed by atoms with Gasteiger partial charge < -0.3 is 10.0 Å². The summed E-state index contributed by atoms with van der Waals surface area (Å²) in [6.07, 6.45) is 1.65. The number of carbonyl (C=O) groups is 2. The van der Waals surface area contributed by atoms with Gasteiger partial charge in [0.2, 0.25) is 0 Å². The molecule has 9 heteroatoms. The molecule has 2 aromatic heterocycles. The fourth-order valence-electron chi connectivity index (χ4n) is 3.42. The number of hydrogen-bond acceptors (Lipinski definition) is 5. The lowest BCUT2D eigenvalue weighted by atomic mass is 9.93. The third-order valence-corrected chi connectivity index (χ3v) is 4.92. The fourth-order valence-corrected chi connectivity index (χ4v) is 3.42. The number of fused-ring (bicyclic) bond motifs is 1. The van der Waals surface area contributed by atoms with Crippen LogP contribution >= 0.6 is 0 Å². The van der Waals surface area contributed by atoms with Crippen LogP contribution in [0.2, 0.25) is 0 Å². The van der Waals surface area contributed by atoms with Crippen LogP contribution in [0.15, 0.2) is 47.4 Å². The SMILES string of the molecule is Cc1c(C(=O)N2Cc3ccccc3C[C@H]2C(=O)O)cnn1-c1ccc(=O)[nH]n1. The molecule has 0 radical (unpaired) electrons. The molecule has 0 fully saturated rings. The van der Waals surface area contributed by atoms with Crippen molar-refractivity contribution in [3.05, 3.63) is 75.3 Å². The van der Waals surface area contributed by atoms with Crippen LogP contribution in [0.3, 0.4) is 0 Å². The maximum Gasteiger partial charge on any atom is 0.326 e. The second kappa shape index (κ2) is 6.76. The van der Waals surface area contributed by atoms with Gasteiger partial charge in [-0.2, -0.15) is 10.2 Å². The minimum Gasteiger partial charge on any atom is -0.480 e. The summed E-state index contributed by atoms with van der Waals surface area (Å²) in [5.41, 5.74) is 2.32. The summed E-state index contributed by atoms with van der Waals surface area (Å²) in [7, 11) is 0. The molecule has 0 saturated carbocycles. The molecule has 0 aliphatic carbocycles. The third kappa shape index (κ3) is 2.96. The van der Waals surface area contributed by atoms with Crippen LogP contribution in [0.25, 0.3) is 5.82 Å². The summed E-state index contributed by atoms with van der Waals surface area (Å²) < 4.78 is 1.43. The molecule has 3 aromatic rings. The number of rotatable bonds is 3. The highest BCUT2D eigenvalue weighted by molar-refractivity contribution is 5.97. The first-order valence-electron chi connectivity index (χ1n) is 8.67. The Bertz CT molecular complexity index is 1110. The highest BCUT2D eigenvalue weighted by Crippen LogP contribution is 2.26. The molecule has 1 aromatic carbocycles. The zero-order chi connectivity index (χ0) is 19.8. The predicted molar refractivity (Wildman–Crippen MR) is 98.2 cm³/mol. The highest BCUT2D eigenvalue weighted by Gasteiger charge is 2.36. The van der Waals surface area contributed by atoms with Gasteiger partial charge >= 0.3 is 5.97 Å². The normalized spacial score (nSPS) is 15.9. The molecule has 142 valence electrons. The van der Waals surface area contributed by atoms with E-state index in [-0.39, 0.29) is 18.5 Å². The Morgan fingerprint density at radius 2 is 1.93 bits per heavy atom. The average Bonchev–Trinajstić information content (AvgIpc) is 3.08. The zero-order valence-electron chi connectivity index (χ0n) is 15.0. The first-order valence-corrected chi connectivity index (χ1v) is 8.67. The van der Waals surface area contributed by atoms with Crippen molar-refractivity contribution in [3.63, 3.8) is 0 Å². The number of amides is 1. The van der Waals surface area contributed by atoms with Gasteiger partial charge in [-0.25, -0.2) is 14.6 Å². The molecule has 0 saturated heterocycles. The van der Waals surface area contributed by atoms with Crippen LogP contribution in [-0.2, 0) is 17.8 Å². The molecular weight excluding hydrogens is 362 g/mol. The minimum absolute atomic E-state index is 0.216. The van der Waals surface area contributed by atoms with Crippen LogP contribution in [0.5, 0.6) is 0 Å². The number of aliphatic carboxylic acids is 1. The Hall–Kier alpha value is -3.75. The quantitative estimate of drug-likeness (QED) is 0.698. The standard InChI is InChI=1S/C19H17N5O4/c1-11-14(9-20-24(11)16-6-7-17(25)22-21-16)18(26)23-10-13-5-3-2-4-12(13)8-15(23)19(27)28/h2-7,9,15H,8,10H2,1H3,(H,22,25)(H,27,28)/t15-/m0/s1. The molecule has 0 spiro atoms. The number of carbonyl (C=O) groups excluding carboxylic acids is 1. The van der Waals surface area contributed by atoms with Gasteiger partial charge in [0.15, 0.2) is 5.82 Å². The molecule has 1 atom stereocenters. The van der Waals surface area contributed by atoms with Gasteiger partial charge in [-0.1, -0.05) is 24.3 Å². The van der Waals surface area contributed by atoms with Crippen molar-refractivity contribution >= 4 is 11.9 Å². The van der Waals surface area contributed by atoms with Crippen LogP contribution < -0.4 is 5.56 Å². The van der Waals surface area contributed by atoms with E-state index >= 15 is 0 Å². The largest absolute Gasteiger partial charge is 0.480 e. The topological polar surface area (TPSA) is 121 Å². The smallest absolute Gasteiger partial charge is 0.326 e. The Labute approximate surface area is 159 Å². The maximum absolute atomic E-state index is 13.2. The second-order valence-electron chi connectivity index (χ2n) is 6.59. The Balaban J connectivity index is 1.70. The fraction of sp³-hybridized carbons (Fsp3) is 0.211. The Morgan fingerprint density at radius 3 is 2.61 bits per heavy atom. The molecule has 0 bridgehead atoms. The van der Waals surface area contributed by atoms with Crippen LogP contribution in [0.4, 0.5) is 0 Å². The van der Waals surface area contributed by atoms with E-state index in [1.54, 1.807) is 6.92 Å². The van der Waals surface area contributed by atoms with Crippen molar-refractivity contribution < 1.29 is 14.7 Å². The molecule has 1 aliphatic rings. The number of aromatic nitrogens is 4. The van der Waals surface area contributed by atoms with Crippen molar-refractivity contribution in [3.8, 4) is 5.82 Å². The molecule has 2 N–H and O–H groups in total. The van der Waals surface area contributed by atoms with E-state index in [2.05, 4.69) is 15.3 Å². The average molecular weight is 379 g/mol. The van der Waals surface area contributed by atoms with E-state index in [9.17, 15) is 19.5 Å². The van der Waals surface area contributed by atoms with Crippen LogP contribution in [-0.4, -0.2) is 47.9 Å². The molecular formula is C19H17N5O4. The summed E-state index contributed by atoms with van der Waals surface area (Å²) in [5, 5.41) is 20.1. The van der Waals surface area contributed by atoms with Gasteiger partial charge in [0.1, 0.15) is 6.04 Å². The number of aromatic amines is 1. The lowest BCUT2D eigenvalue weighted by Crippen LogP contribution is -2.48. The van der Waals surface area contributed by atoms with Gasteiger partial charge in [0.25, 0.3) is 11.5 Å². The lowest BCUT2D eigenvalue weighted by Gasteiger charge is -2.34. The van der Waals surface area contributed by atoms with E-state index in [0.717, 1.165) is 11.1 Å². The number of H-pyrrole nitrogens is 1. The van der Waals surface area contributed by atoms with E-state index in [0.29, 0.717) is 17.1 Å². The number of carboxylic acids is 1. The molecule has 28 heavy (non-hydrogen) atoms. The van der Waals surface area contributed by atoms with Crippen molar-refractivity contribution in [2.45, 2.75) is 25.9 Å². The number of carboxylic acid groups (broad SMARTS) is 1. The van der Waals surface area contributed by atoms with E-state index in [1.165, 1.54) is 27.9 Å².